The number of aryl methyl sites for hydroxylation is 1. The average Bonchev–Trinajstić information content (AvgIpc) is 3.69. The fourth-order valence-electron chi connectivity index (χ4n) is 4.79. The predicted molar refractivity (Wildman–Crippen MR) is 154 cm³/mol. The van der Waals surface area contributed by atoms with Crippen LogP contribution in [0.5, 0.6) is 0 Å². The number of aliphatic hydroxyl groups excluding tert-OH is 2. The second kappa shape index (κ2) is 15.4. The molecule has 4 amide bonds. The van der Waals surface area contributed by atoms with Crippen molar-refractivity contribution in [2.75, 3.05) is 24.7 Å². The summed E-state index contributed by atoms with van der Waals surface area (Å²) >= 11 is 2.43. The van der Waals surface area contributed by atoms with E-state index in [4.69, 9.17) is 15.3 Å². The minimum Gasteiger partial charge on any atom is -0.543 e. The Morgan fingerprint density at radius 2 is 2.15 bits per heavy atom. The molecule has 22 heteroatoms. The van der Waals surface area contributed by atoms with Gasteiger partial charge in [0.1, 0.15) is 23.5 Å². The number of carbonyl (C=O) groups is 4. The van der Waals surface area contributed by atoms with Crippen LogP contribution in [-0.4, -0.2) is 118 Å². The first kappa shape index (κ1) is 35.4. The number of carboxylic acids is 1. The zero-order chi connectivity index (χ0) is 32.2. The van der Waals surface area contributed by atoms with E-state index >= 15 is 0 Å². The van der Waals surface area contributed by atoms with E-state index in [9.17, 15) is 29.4 Å². The number of nitrogens with one attached hydrogen (secondary N) is 2. The zero-order valence-electron chi connectivity index (χ0n) is 24.5. The number of rotatable bonds is 13. The number of urea groups is 1. The van der Waals surface area contributed by atoms with Crippen molar-refractivity contribution in [2.45, 2.75) is 35.3 Å². The van der Waals surface area contributed by atoms with Gasteiger partial charge in [0.15, 0.2) is 12.3 Å². The van der Waals surface area contributed by atoms with Gasteiger partial charge in [0.2, 0.25) is 5.16 Å². The Balaban J connectivity index is 0.00000480. The summed E-state index contributed by atoms with van der Waals surface area (Å²) in [7, 11) is 1.63. The van der Waals surface area contributed by atoms with Crippen LogP contribution < -0.4 is 51.1 Å². The minimum atomic E-state index is -1.59. The molecule has 2 aromatic rings. The number of furan rings is 1. The molecule has 3 aliphatic heterocycles. The molecule has 2 aromatic heterocycles. The Morgan fingerprint density at radius 3 is 2.78 bits per heavy atom. The van der Waals surface area contributed by atoms with E-state index in [-0.39, 0.29) is 71.4 Å². The van der Waals surface area contributed by atoms with E-state index in [0.29, 0.717) is 17.2 Å². The van der Waals surface area contributed by atoms with Gasteiger partial charge in [0, 0.05) is 31.7 Å². The molecule has 0 bridgehead atoms. The second-order valence-corrected chi connectivity index (χ2v) is 11.8. The summed E-state index contributed by atoms with van der Waals surface area (Å²) in [5.74, 6) is -2.78. The third kappa shape index (κ3) is 7.10. The Hall–Kier alpha value is -3.44. The van der Waals surface area contributed by atoms with Crippen molar-refractivity contribution >= 4 is 53.7 Å². The van der Waals surface area contributed by atoms with Crippen molar-refractivity contribution in [3.8, 4) is 0 Å². The van der Waals surface area contributed by atoms with Crippen molar-refractivity contribution in [3.63, 3.8) is 0 Å². The first-order valence-corrected chi connectivity index (χ1v) is 15.4. The van der Waals surface area contributed by atoms with Crippen LogP contribution in [0.3, 0.4) is 0 Å². The summed E-state index contributed by atoms with van der Waals surface area (Å²) in [5.41, 5.74) is 8.48. The van der Waals surface area contributed by atoms with Crippen molar-refractivity contribution in [2.24, 2.45) is 17.8 Å². The number of hydrazine groups is 1. The molecule has 0 spiro atoms. The number of tetrazole rings is 1. The molecule has 1 saturated heterocycles. The predicted octanol–water partition coefficient (Wildman–Crippen LogP) is -6.18. The van der Waals surface area contributed by atoms with Gasteiger partial charge in [-0.1, -0.05) is 11.8 Å². The third-order valence-electron chi connectivity index (χ3n) is 6.89. The summed E-state index contributed by atoms with van der Waals surface area (Å²) in [6.45, 7) is 0.146. The number of amides is 4. The number of aromatic nitrogens is 4. The topological polar surface area (TPSA) is 261 Å². The molecule has 5 rings (SSSR count). The number of hydrogen-bond donors (Lipinski definition) is 5. The maximum atomic E-state index is 13.8. The van der Waals surface area contributed by atoms with Gasteiger partial charge in [0.05, 0.1) is 29.8 Å². The quantitative estimate of drug-likeness (QED) is 0.0569. The maximum Gasteiger partial charge on any atom is 1.00 e. The van der Waals surface area contributed by atoms with E-state index in [1.54, 1.807) is 7.05 Å². The number of nitrogens with two attached hydrogens (primary N) is 1. The third-order valence-corrected chi connectivity index (χ3v) is 9.32. The standard InChI is InChI=1S/C24H29N11O8S2.Na/c1-32-24(29-30-31-32)45-10-12-9-44-21-15(20(39)35(21)16(12)22(40)41)28-18(37)17(14-4-2-7-43-14)34(23(25)42)13-8-26-11-33(19(13)38)27-5-3-6-36;/h2,4,7-8,11,15,17,19,21,27,36,38H,3,5-6,9-10H2,1H3,(H2,25,42)(H,28,37)(H,40,41);/q;+1/p-1/t15?,17?,19?,21-;/m0./s1. The van der Waals surface area contributed by atoms with Crippen LogP contribution >= 0.6 is 23.5 Å². The van der Waals surface area contributed by atoms with Gasteiger partial charge in [-0.2, -0.15) is 0 Å². The Kier molecular flexibility index (Phi) is 11.9. The van der Waals surface area contributed by atoms with E-state index in [1.807, 2.05) is 0 Å². The number of carbonyl (C=O) groups excluding carboxylic acids is 4. The molecule has 1 fully saturated rings. The fourth-order valence-corrected chi connectivity index (χ4v) is 7.12. The van der Waals surface area contributed by atoms with Crippen LogP contribution in [0.1, 0.15) is 18.2 Å². The normalized spacial score (nSPS) is 21.2. The molecule has 0 saturated carbocycles. The van der Waals surface area contributed by atoms with Gasteiger partial charge in [-0.05, 0) is 34.6 Å². The van der Waals surface area contributed by atoms with Crippen molar-refractivity contribution in [1.29, 1.82) is 0 Å². The molecular weight excluding hydrogens is 657 g/mol. The van der Waals surface area contributed by atoms with Gasteiger partial charge < -0.3 is 35.6 Å². The SMILES string of the molecule is Cn1nnnc1SCC1=C(C(=O)[O-])N2C(=O)C(NC(=O)C(c3ccco3)N(C(N)=O)C3=CN=CN(NCCCO)C3O)[C@@H]2SC1.[Na+]. The molecule has 3 unspecified atom stereocenters. The molecule has 46 heavy (non-hydrogen) atoms. The number of fused-ring (bicyclic) bond motifs is 1. The van der Waals surface area contributed by atoms with Crippen LogP contribution in [0.25, 0.3) is 0 Å². The van der Waals surface area contributed by atoms with Crippen LogP contribution in [0.4, 0.5) is 4.79 Å². The molecule has 3 aliphatic rings. The fraction of sp³-hybridized carbons (Fsp3) is 0.417. The average molecular weight is 686 g/mol. The van der Waals surface area contributed by atoms with Crippen molar-refractivity contribution in [1.82, 2.24) is 45.8 Å². The van der Waals surface area contributed by atoms with Crippen LogP contribution in [0.15, 0.2) is 56.1 Å². The number of β-lactam (4-membered cyclic amide) rings is 1. The van der Waals surface area contributed by atoms with E-state index in [1.165, 1.54) is 52.9 Å². The number of carboxylic acid groups (broad SMARTS) is 1. The first-order chi connectivity index (χ1) is 21.6. The van der Waals surface area contributed by atoms with Gasteiger partial charge >= 0.3 is 35.6 Å². The molecule has 240 valence electrons. The maximum absolute atomic E-state index is 13.8. The molecule has 0 radical (unpaired) electrons. The number of aliphatic hydroxyl groups is 2. The molecule has 0 aromatic carbocycles. The molecular formula is C24H28N11NaO8S2. The van der Waals surface area contributed by atoms with Gasteiger partial charge in [-0.25, -0.2) is 19.9 Å². The van der Waals surface area contributed by atoms with Crippen molar-refractivity contribution < 1.29 is 68.5 Å². The number of primary amides is 1. The van der Waals surface area contributed by atoms with Crippen molar-refractivity contribution in [3.05, 3.63) is 47.3 Å². The van der Waals surface area contributed by atoms with Gasteiger partial charge in [-0.3, -0.25) is 24.4 Å². The minimum absolute atomic E-state index is 0. The molecule has 6 N–H and O–H groups in total. The molecule has 5 heterocycles. The molecule has 4 atom stereocenters. The second-order valence-electron chi connectivity index (χ2n) is 9.72. The van der Waals surface area contributed by atoms with Gasteiger partial charge in [0.25, 0.3) is 11.8 Å². The summed E-state index contributed by atoms with van der Waals surface area (Å²) < 4.78 is 6.87. The largest absolute Gasteiger partial charge is 1.00 e. The summed E-state index contributed by atoms with van der Waals surface area (Å²) in [4.78, 5) is 58.0. The summed E-state index contributed by atoms with van der Waals surface area (Å²) in [6, 6.07) is -1.01. The Labute approximate surface area is 291 Å². The Bertz CT molecular complexity index is 1550. The number of hydrogen-bond acceptors (Lipinski definition) is 16. The molecule has 19 nitrogen and oxygen atoms in total. The zero-order valence-corrected chi connectivity index (χ0v) is 28.2. The number of thioether (sulfide) groups is 2. The van der Waals surface area contributed by atoms with E-state index < -0.39 is 47.5 Å². The number of nitrogens with zero attached hydrogens (tertiary/aromatic N) is 8. The summed E-state index contributed by atoms with van der Waals surface area (Å²) in [6.07, 6.45) is 2.46. The van der Waals surface area contributed by atoms with E-state index in [0.717, 1.165) is 21.0 Å². The number of aliphatic imine (C=N–C) groups is 1. The van der Waals surface area contributed by atoms with Crippen LogP contribution in [0, 0.1) is 0 Å². The van der Waals surface area contributed by atoms with E-state index in [2.05, 4.69) is 31.3 Å². The summed E-state index contributed by atoms with van der Waals surface area (Å²) in [5, 5.41) is 46.8. The molecule has 0 aliphatic carbocycles. The monoisotopic (exact) mass is 685 g/mol. The first-order valence-electron chi connectivity index (χ1n) is 13.3. The smallest absolute Gasteiger partial charge is 0.543 e. The van der Waals surface area contributed by atoms with Crippen LogP contribution in [0.2, 0.25) is 0 Å². The number of aliphatic carboxylic acids is 1. The van der Waals surface area contributed by atoms with Gasteiger partial charge in [-0.15, -0.1) is 16.9 Å². The Morgan fingerprint density at radius 1 is 1.37 bits per heavy atom. The van der Waals surface area contributed by atoms with Crippen LogP contribution in [-0.2, 0) is 21.4 Å².